The quantitative estimate of drug-likeness (QED) is 0.178. The van der Waals surface area contributed by atoms with Crippen molar-refractivity contribution in [2.75, 3.05) is 0 Å². The fraction of sp³-hybridized carbons (Fsp3) is 0.267. The van der Waals surface area contributed by atoms with E-state index in [1.165, 1.54) is 50.1 Å². The van der Waals surface area contributed by atoms with Crippen molar-refractivity contribution in [2.24, 2.45) is 0 Å². The van der Waals surface area contributed by atoms with Gasteiger partial charge in [0.25, 0.3) is 0 Å². The maximum absolute atomic E-state index is 2.88. The number of fused-ring (bicyclic) bond motifs is 4. The molecule has 1 atom stereocenters. The zero-order valence-corrected chi connectivity index (χ0v) is 31.2. The molecule has 0 N–H and O–H groups in total. The number of hydrogen-bond acceptors (Lipinski definition) is 0. The predicted molar refractivity (Wildman–Crippen MR) is 195 cm³/mol. The Balaban J connectivity index is 1.65. The third-order valence-corrected chi connectivity index (χ3v) is 19.0. The third kappa shape index (κ3) is 5.40. The van der Waals surface area contributed by atoms with Crippen molar-refractivity contribution in [1.82, 2.24) is 0 Å². The van der Waals surface area contributed by atoms with Gasteiger partial charge in [-0.3, -0.25) is 0 Å². The van der Waals surface area contributed by atoms with Gasteiger partial charge in [-0.05, 0) is 0 Å². The number of hydrogen-bond donors (Lipinski definition) is 0. The van der Waals surface area contributed by atoms with E-state index < -0.39 is 21.3 Å². The van der Waals surface area contributed by atoms with Crippen LogP contribution in [0.1, 0.15) is 104 Å². The van der Waals surface area contributed by atoms with Gasteiger partial charge in [-0.15, -0.1) is 0 Å². The van der Waals surface area contributed by atoms with Crippen molar-refractivity contribution >= 4 is 9.28 Å². The average molecular weight is 678 g/mol. The van der Waals surface area contributed by atoms with Crippen molar-refractivity contribution in [1.29, 1.82) is 0 Å². The van der Waals surface area contributed by atoms with Crippen LogP contribution < -0.4 is 0 Å². The molecule has 7 rings (SSSR count). The Morgan fingerprint density at radius 2 is 1.04 bits per heavy atom. The zero-order chi connectivity index (χ0) is 32.4. The van der Waals surface area contributed by atoms with Gasteiger partial charge in [0.2, 0.25) is 0 Å². The van der Waals surface area contributed by atoms with Gasteiger partial charge in [-0.1, -0.05) is 0 Å². The van der Waals surface area contributed by atoms with E-state index in [4.69, 9.17) is 0 Å². The van der Waals surface area contributed by atoms with Crippen LogP contribution in [-0.4, -0.2) is 3.21 Å². The summed E-state index contributed by atoms with van der Waals surface area (Å²) < 4.78 is 2.43. The van der Waals surface area contributed by atoms with E-state index in [2.05, 4.69) is 177 Å². The molecule has 46 heavy (non-hydrogen) atoms. The molecule has 0 aromatic heterocycles. The van der Waals surface area contributed by atoms with Crippen LogP contribution in [0.4, 0.5) is 0 Å². The molecule has 230 valence electrons. The Morgan fingerprint density at radius 1 is 0.565 bits per heavy atom. The molecule has 0 saturated heterocycles. The first kappa shape index (κ1) is 31.2. The molecule has 0 fully saturated rings. The fourth-order valence-corrected chi connectivity index (χ4v) is 17.8. The molecule has 5 aromatic carbocycles. The second-order valence-electron chi connectivity index (χ2n) is 15.5. The normalized spacial score (nSPS) is 15.4. The Bertz CT molecular complexity index is 1910. The maximum atomic E-state index is 2.62. The first-order chi connectivity index (χ1) is 21.9. The number of allylic oxidation sites excluding steroid dienone is 1. The van der Waals surface area contributed by atoms with Gasteiger partial charge in [-0.25, -0.2) is 0 Å². The first-order valence-corrected chi connectivity index (χ1v) is 20.9. The van der Waals surface area contributed by atoms with Crippen LogP contribution in [0, 0.1) is 13.8 Å². The molecule has 1 heteroatoms. The Morgan fingerprint density at radius 3 is 1.52 bits per heavy atom. The summed E-state index contributed by atoms with van der Waals surface area (Å²) in [5.41, 5.74) is 17.6. The van der Waals surface area contributed by atoms with E-state index in [-0.39, 0.29) is 10.8 Å². The third-order valence-electron chi connectivity index (χ3n) is 10.3. The van der Waals surface area contributed by atoms with Crippen LogP contribution in [0.15, 0.2) is 115 Å². The van der Waals surface area contributed by atoms with E-state index in [9.17, 15) is 0 Å². The molecule has 2 aliphatic carbocycles. The molecule has 0 bridgehead atoms. The van der Waals surface area contributed by atoms with Crippen molar-refractivity contribution in [3.8, 4) is 11.1 Å². The van der Waals surface area contributed by atoms with Crippen molar-refractivity contribution < 1.29 is 21.3 Å². The van der Waals surface area contributed by atoms with Crippen molar-refractivity contribution in [3.05, 3.63) is 171 Å². The van der Waals surface area contributed by atoms with Gasteiger partial charge in [0.15, 0.2) is 0 Å². The standard InChI is InChI=1S/C21H25.C13H10.C11H11.Zr/c1-20(2,3)16-7-9-18-14(12-16)11-15-13-17(21(4,5)6)8-10-19(15)18;1-3-7-12(8-4-1)11-13-9-5-2-6-10-13;1-8-6-7-9(2)11-5-3-4-10(8)11;/h7-13H,1-6H3;1-10H;3-7H,1-2H3;. The van der Waals surface area contributed by atoms with Gasteiger partial charge in [0, 0.05) is 0 Å². The number of rotatable bonds is 4. The molecule has 0 nitrogen and oxygen atoms in total. The SMILES string of the molecule is Cc1ccc(C)c2c1C=C[CH]2[Zr](=[C](c1ccccc1)c1ccccc1)[CH]1c2cc(C(C)(C)C)ccc2-c2ccc(C(C)(C)C)cc21. The van der Waals surface area contributed by atoms with Crippen LogP contribution >= 0.6 is 0 Å². The first-order valence-electron chi connectivity index (χ1n) is 16.9. The molecular weight excluding hydrogens is 632 g/mol. The molecule has 0 spiro atoms. The summed E-state index contributed by atoms with van der Waals surface area (Å²) in [7, 11) is 0. The summed E-state index contributed by atoms with van der Waals surface area (Å²) in [6.07, 6.45) is 5.08. The van der Waals surface area contributed by atoms with E-state index in [1.54, 1.807) is 19.9 Å². The van der Waals surface area contributed by atoms with E-state index in [0.29, 0.717) is 7.25 Å². The van der Waals surface area contributed by atoms with Crippen molar-refractivity contribution in [3.63, 3.8) is 0 Å². The van der Waals surface area contributed by atoms with E-state index in [1.807, 2.05) is 0 Å². The van der Waals surface area contributed by atoms with Crippen LogP contribution in [0.5, 0.6) is 0 Å². The molecule has 0 radical (unpaired) electrons. The Kier molecular flexibility index (Phi) is 7.93. The molecule has 5 aromatic rings. The Hall–Kier alpha value is -3.41. The minimum atomic E-state index is -2.88. The van der Waals surface area contributed by atoms with Gasteiger partial charge >= 0.3 is 286 Å². The molecule has 1 unspecified atom stereocenters. The number of aryl methyl sites for hydroxylation is 2. The Labute approximate surface area is 284 Å². The second-order valence-corrected chi connectivity index (χ2v) is 21.9. The van der Waals surface area contributed by atoms with Gasteiger partial charge in [0.1, 0.15) is 0 Å². The van der Waals surface area contributed by atoms with Gasteiger partial charge < -0.3 is 0 Å². The summed E-state index contributed by atoms with van der Waals surface area (Å²) in [6, 6.07) is 42.3. The summed E-state index contributed by atoms with van der Waals surface area (Å²) in [4.78, 5) is 0. The molecule has 0 saturated carbocycles. The fourth-order valence-electron chi connectivity index (χ4n) is 7.75. The summed E-state index contributed by atoms with van der Waals surface area (Å²) in [5, 5.41) is 0. The summed E-state index contributed by atoms with van der Waals surface area (Å²) in [6.45, 7) is 18.8. The van der Waals surface area contributed by atoms with Gasteiger partial charge in [-0.2, -0.15) is 0 Å². The summed E-state index contributed by atoms with van der Waals surface area (Å²) in [5.74, 6) is 0. The van der Waals surface area contributed by atoms with Crippen LogP contribution in [0.3, 0.4) is 0 Å². The minimum absolute atomic E-state index is 0.0768. The zero-order valence-electron chi connectivity index (χ0n) is 28.7. The predicted octanol–water partition coefficient (Wildman–Crippen LogP) is 11.6. The summed E-state index contributed by atoms with van der Waals surface area (Å²) >= 11 is -2.88. The molecule has 0 amide bonds. The molecule has 0 aliphatic heterocycles. The average Bonchev–Trinajstić information content (AvgIpc) is 3.62. The van der Waals surface area contributed by atoms with Crippen LogP contribution in [-0.2, 0) is 32.1 Å². The topological polar surface area (TPSA) is 0 Å². The molecule has 0 heterocycles. The molecular formula is C45H46Zr. The molecule has 2 aliphatic rings. The second kappa shape index (κ2) is 11.7. The van der Waals surface area contributed by atoms with Crippen molar-refractivity contribution in [2.45, 2.75) is 73.5 Å². The van der Waals surface area contributed by atoms with E-state index in [0.717, 1.165) is 0 Å². The van der Waals surface area contributed by atoms with E-state index >= 15 is 0 Å². The monoisotopic (exact) mass is 676 g/mol. The van der Waals surface area contributed by atoms with Crippen LogP contribution in [0.25, 0.3) is 17.2 Å². The van der Waals surface area contributed by atoms with Gasteiger partial charge in [0.05, 0.1) is 0 Å². The number of benzene rings is 5. The van der Waals surface area contributed by atoms with Crippen LogP contribution in [0.2, 0.25) is 0 Å².